The van der Waals surface area contributed by atoms with E-state index < -0.39 is 15.6 Å². The lowest BCUT2D eigenvalue weighted by Crippen LogP contribution is -2.52. The number of hydrogen-bond acceptors (Lipinski definition) is 7. The molecule has 1 unspecified atom stereocenters. The van der Waals surface area contributed by atoms with Crippen molar-refractivity contribution in [2.24, 2.45) is 15.3 Å². The number of fused-ring (bicyclic) bond motifs is 1. The first-order valence-electron chi connectivity index (χ1n) is 8.71. The standard InChI is InChI=1S/C18H24N4O4S2/c1-18(2,23)16-11-22(8-9-26-16)15-5-3-4-12-10-13(6-7-14(12)15)28(24,25)21-17(19)27-20/h3-7,10,16,23H,8-9,11,20H2,1-2H3,(H2,19,21). The van der Waals surface area contributed by atoms with E-state index in [9.17, 15) is 13.5 Å². The van der Waals surface area contributed by atoms with Gasteiger partial charge in [-0.3, -0.25) is 5.14 Å². The Morgan fingerprint density at radius 3 is 2.79 bits per heavy atom. The number of nitrogens with zero attached hydrogens (tertiary/aromatic N) is 2. The van der Waals surface area contributed by atoms with Crippen LogP contribution in [-0.4, -0.2) is 50.1 Å². The van der Waals surface area contributed by atoms with Gasteiger partial charge in [-0.15, -0.1) is 4.40 Å². The van der Waals surface area contributed by atoms with Gasteiger partial charge in [-0.1, -0.05) is 18.2 Å². The maximum Gasteiger partial charge on any atom is 0.284 e. The summed E-state index contributed by atoms with van der Waals surface area (Å²) in [5.41, 5.74) is 5.45. The van der Waals surface area contributed by atoms with Crippen LogP contribution in [-0.2, 0) is 14.8 Å². The van der Waals surface area contributed by atoms with Gasteiger partial charge in [0, 0.05) is 24.2 Å². The van der Waals surface area contributed by atoms with Gasteiger partial charge in [-0.05, 0) is 49.4 Å². The number of sulfonamides is 1. The zero-order valence-electron chi connectivity index (χ0n) is 15.7. The first-order valence-corrected chi connectivity index (χ1v) is 11.0. The van der Waals surface area contributed by atoms with Crippen molar-refractivity contribution in [1.82, 2.24) is 0 Å². The molecule has 1 aliphatic heterocycles. The van der Waals surface area contributed by atoms with Gasteiger partial charge in [0.05, 0.1) is 17.1 Å². The minimum absolute atomic E-state index is 0.0468. The molecular weight excluding hydrogens is 400 g/mol. The Morgan fingerprint density at radius 2 is 2.11 bits per heavy atom. The number of benzene rings is 2. The molecule has 0 aliphatic carbocycles. The van der Waals surface area contributed by atoms with Crippen LogP contribution in [0.3, 0.4) is 0 Å². The number of ether oxygens (including phenoxy) is 1. The molecule has 152 valence electrons. The molecule has 2 aromatic carbocycles. The summed E-state index contributed by atoms with van der Waals surface area (Å²) < 4.78 is 34.0. The lowest BCUT2D eigenvalue weighted by molar-refractivity contribution is -0.0927. The van der Waals surface area contributed by atoms with E-state index in [1.54, 1.807) is 26.0 Å². The number of amidine groups is 1. The molecular formula is C18H24N4O4S2. The number of morpholine rings is 1. The molecule has 2 aromatic rings. The molecule has 1 aliphatic rings. The SMILES string of the molecule is CC(C)(O)C1CN(c2cccc3cc(S(=O)(=O)N=C(N)SN)ccc23)CCO1. The van der Waals surface area contributed by atoms with Gasteiger partial charge in [0.2, 0.25) is 0 Å². The molecule has 0 spiro atoms. The fraction of sp³-hybridized carbons (Fsp3) is 0.389. The molecule has 5 N–H and O–H groups in total. The monoisotopic (exact) mass is 424 g/mol. The van der Waals surface area contributed by atoms with Gasteiger partial charge in [0.1, 0.15) is 6.10 Å². The summed E-state index contributed by atoms with van der Waals surface area (Å²) in [5.74, 6) is 0. The Balaban J connectivity index is 1.99. The zero-order chi connectivity index (χ0) is 20.5. The maximum absolute atomic E-state index is 12.4. The average Bonchev–Trinajstić information content (AvgIpc) is 2.66. The third-order valence-corrected chi connectivity index (χ3v) is 6.39. The quantitative estimate of drug-likeness (QED) is 0.382. The molecule has 8 nitrogen and oxygen atoms in total. The molecule has 0 saturated carbocycles. The molecule has 10 heteroatoms. The number of anilines is 1. The summed E-state index contributed by atoms with van der Waals surface area (Å²) in [5, 5.41) is 17.0. The number of nitrogens with two attached hydrogens (primary N) is 2. The highest BCUT2D eigenvalue weighted by atomic mass is 32.2. The largest absolute Gasteiger partial charge is 0.388 e. The van der Waals surface area contributed by atoms with Crippen molar-refractivity contribution in [2.45, 2.75) is 30.4 Å². The van der Waals surface area contributed by atoms with Gasteiger partial charge in [0.15, 0.2) is 5.17 Å². The summed E-state index contributed by atoms with van der Waals surface area (Å²) in [6.07, 6.45) is -0.317. The fourth-order valence-electron chi connectivity index (χ4n) is 3.17. The first-order chi connectivity index (χ1) is 13.1. The van der Waals surface area contributed by atoms with Crippen LogP contribution in [0.5, 0.6) is 0 Å². The number of hydrogen-bond donors (Lipinski definition) is 3. The second-order valence-corrected chi connectivity index (χ2v) is 9.40. The van der Waals surface area contributed by atoms with Crippen molar-refractivity contribution >= 4 is 43.6 Å². The molecule has 1 saturated heterocycles. The van der Waals surface area contributed by atoms with Gasteiger partial charge < -0.3 is 20.5 Å². The van der Waals surface area contributed by atoms with E-state index in [1.807, 2.05) is 18.2 Å². The van der Waals surface area contributed by atoms with Crippen LogP contribution in [0.15, 0.2) is 45.7 Å². The van der Waals surface area contributed by atoms with E-state index in [0.717, 1.165) is 16.5 Å². The van der Waals surface area contributed by atoms with E-state index in [2.05, 4.69) is 9.30 Å². The van der Waals surface area contributed by atoms with Crippen LogP contribution in [0.25, 0.3) is 10.8 Å². The Labute approximate surface area is 168 Å². The van der Waals surface area contributed by atoms with E-state index in [4.69, 9.17) is 15.6 Å². The molecule has 0 bridgehead atoms. The number of aliphatic hydroxyl groups is 1. The lowest BCUT2D eigenvalue weighted by atomic mass is 9.99. The summed E-state index contributed by atoms with van der Waals surface area (Å²) in [6.45, 7) is 5.18. The van der Waals surface area contributed by atoms with Crippen LogP contribution >= 0.6 is 11.9 Å². The van der Waals surface area contributed by atoms with Gasteiger partial charge in [-0.2, -0.15) is 8.42 Å². The van der Waals surface area contributed by atoms with Crippen molar-refractivity contribution < 1.29 is 18.3 Å². The minimum Gasteiger partial charge on any atom is -0.388 e. The predicted molar refractivity (Wildman–Crippen MR) is 113 cm³/mol. The van der Waals surface area contributed by atoms with Crippen LogP contribution in [0.2, 0.25) is 0 Å². The van der Waals surface area contributed by atoms with Gasteiger partial charge in [0.25, 0.3) is 10.0 Å². The van der Waals surface area contributed by atoms with Crippen LogP contribution in [0.1, 0.15) is 13.8 Å². The highest BCUT2D eigenvalue weighted by molar-refractivity contribution is 8.12. The second-order valence-electron chi connectivity index (χ2n) is 7.14. The van der Waals surface area contributed by atoms with Crippen molar-refractivity contribution in [2.75, 3.05) is 24.6 Å². The molecule has 3 rings (SSSR count). The first kappa shape index (κ1) is 20.9. The summed E-state index contributed by atoms with van der Waals surface area (Å²) in [6, 6.07) is 10.5. The molecule has 0 amide bonds. The van der Waals surface area contributed by atoms with Crippen LogP contribution in [0, 0.1) is 0 Å². The van der Waals surface area contributed by atoms with Crippen LogP contribution in [0.4, 0.5) is 5.69 Å². The summed E-state index contributed by atoms with van der Waals surface area (Å²) >= 11 is 0.583. The van der Waals surface area contributed by atoms with Crippen molar-refractivity contribution in [1.29, 1.82) is 0 Å². The van der Waals surface area contributed by atoms with Crippen molar-refractivity contribution in [3.05, 3.63) is 36.4 Å². The highest BCUT2D eigenvalue weighted by Gasteiger charge is 2.33. The number of rotatable bonds is 4. The molecule has 0 aromatic heterocycles. The van der Waals surface area contributed by atoms with Crippen molar-refractivity contribution in [3.63, 3.8) is 0 Å². The lowest BCUT2D eigenvalue weighted by Gasteiger charge is -2.40. The van der Waals surface area contributed by atoms with E-state index in [1.165, 1.54) is 6.07 Å². The Kier molecular flexibility index (Phi) is 5.87. The van der Waals surface area contributed by atoms with E-state index >= 15 is 0 Å². The summed E-state index contributed by atoms with van der Waals surface area (Å²) in [4.78, 5) is 2.19. The van der Waals surface area contributed by atoms with Gasteiger partial charge in [-0.25, -0.2) is 0 Å². The van der Waals surface area contributed by atoms with E-state index in [-0.39, 0.29) is 16.2 Å². The smallest absolute Gasteiger partial charge is 0.284 e. The molecule has 1 fully saturated rings. The topological polar surface area (TPSA) is 131 Å². The average molecular weight is 425 g/mol. The third kappa shape index (κ3) is 4.41. The Bertz CT molecular complexity index is 1000. The van der Waals surface area contributed by atoms with Crippen LogP contribution < -0.4 is 15.8 Å². The normalized spacial score (nSPS) is 19.2. The van der Waals surface area contributed by atoms with Crippen molar-refractivity contribution in [3.8, 4) is 0 Å². The van der Waals surface area contributed by atoms with E-state index in [0.29, 0.717) is 31.6 Å². The molecule has 0 radical (unpaired) electrons. The van der Waals surface area contributed by atoms with Gasteiger partial charge >= 0.3 is 0 Å². The fourth-order valence-corrected chi connectivity index (χ4v) is 4.49. The second kappa shape index (κ2) is 7.88. The predicted octanol–water partition coefficient (Wildman–Crippen LogP) is 1.43. The molecule has 1 heterocycles. The molecule has 1 atom stereocenters. The molecule has 28 heavy (non-hydrogen) atoms. The Hall–Kier alpha value is -1.85. The Morgan fingerprint density at radius 1 is 1.36 bits per heavy atom. The zero-order valence-corrected chi connectivity index (χ0v) is 17.3. The maximum atomic E-state index is 12.4. The highest BCUT2D eigenvalue weighted by Crippen LogP contribution is 2.31. The minimum atomic E-state index is -3.93. The third-order valence-electron chi connectivity index (χ3n) is 4.65. The summed E-state index contributed by atoms with van der Waals surface area (Å²) in [7, 11) is -3.93.